The Balaban J connectivity index is 2.53. The van der Waals surface area contributed by atoms with E-state index in [4.69, 9.17) is 23.1 Å². The van der Waals surface area contributed by atoms with Crippen molar-refractivity contribution in [2.75, 3.05) is 12.3 Å². The van der Waals surface area contributed by atoms with Crippen molar-refractivity contribution in [2.24, 2.45) is 5.73 Å². The Kier molecular flexibility index (Phi) is 3.35. The molecule has 5 N–H and O–H groups in total. The number of hydrogen-bond acceptors (Lipinski definition) is 4. The highest BCUT2D eigenvalue weighted by molar-refractivity contribution is 6.32. The number of benzene rings is 1. The SMILES string of the molecule is Cc1[nH]nc2c1c(=O)n(CCCN)c1c(N)cc(Cl)cc21. The van der Waals surface area contributed by atoms with Crippen molar-refractivity contribution in [3.63, 3.8) is 0 Å². The molecule has 0 fully saturated rings. The summed E-state index contributed by atoms with van der Waals surface area (Å²) in [6, 6.07) is 3.43. The van der Waals surface area contributed by atoms with E-state index in [1.807, 2.05) is 6.92 Å². The third kappa shape index (κ3) is 2.07. The van der Waals surface area contributed by atoms with Crippen LogP contribution in [0.25, 0.3) is 21.8 Å². The predicted molar refractivity (Wildman–Crippen MR) is 85.7 cm³/mol. The van der Waals surface area contributed by atoms with Gasteiger partial charge in [-0.05, 0) is 32.0 Å². The first-order valence-corrected chi connectivity index (χ1v) is 7.08. The molecule has 0 radical (unpaired) electrons. The highest BCUT2D eigenvalue weighted by atomic mass is 35.5. The molecule has 3 rings (SSSR count). The van der Waals surface area contributed by atoms with E-state index in [1.54, 1.807) is 16.7 Å². The Labute approximate surface area is 125 Å². The smallest absolute Gasteiger partial charge is 0.262 e. The van der Waals surface area contributed by atoms with Crippen molar-refractivity contribution in [3.05, 3.63) is 33.2 Å². The number of nitrogens with one attached hydrogen (secondary N) is 1. The molecule has 0 aliphatic heterocycles. The first kappa shape index (κ1) is 13.9. The van der Waals surface area contributed by atoms with Crippen LogP contribution in [0.3, 0.4) is 0 Å². The van der Waals surface area contributed by atoms with E-state index in [0.29, 0.717) is 46.6 Å². The number of rotatable bonds is 3. The lowest BCUT2D eigenvalue weighted by atomic mass is 10.1. The molecule has 0 spiro atoms. The van der Waals surface area contributed by atoms with E-state index in [-0.39, 0.29) is 5.56 Å². The Hall–Kier alpha value is -2.05. The van der Waals surface area contributed by atoms with Crippen LogP contribution in [0.4, 0.5) is 5.69 Å². The van der Waals surface area contributed by atoms with Gasteiger partial charge < -0.3 is 16.0 Å². The number of nitrogen functional groups attached to an aromatic ring is 1. The largest absolute Gasteiger partial charge is 0.397 e. The van der Waals surface area contributed by atoms with Gasteiger partial charge in [-0.2, -0.15) is 5.10 Å². The quantitative estimate of drug-likeness (QED) is 0.642. The maximum Gasteiger partial charge on any atom is 0.262 e. The van der Waals surface area contributed by atoms with Crippen molar-refractivity contribution < 1.29 is 0 Å². The number of halogens is 1. The van der Waals surface area contributed by atoms with Crippen LogP contribution in [0, 0.1) is 6.92 Å². The molecule has 0 amide bonds. The number of aromatic nitrogens is 3. The number of nitrogens with zero attached hydrogens (tertiary/aromatic N) is 2. The summed E-state index contributed by atoms with van der Waals surface area (Å²) in [4.78, 5) is 12.7. The van der Waals surface area contributed by atoms with Gasteiger partial charge in [0.1, 0.15) is 5.52 Å². The minimum absolute atomic E-state index is 0.105. The van der Waals surface area contributed by atoms with Crippen LogP contribution < -0.4 is 17.0 Å². The van der Waals surface area contributed by atoms with Crippen molar-refractivity contribution >= 4 is 39.1 Å². The monoisotopic (exact) mass is 305 g/mol. The summed E-state index contributed by atoms with van der Waals surface area (Å²) < 4.78 is 1.67. The van der Waals surface area contributed by atoms with Gasteiger partial charge in [0.2, 0.25) is 0 Å². The zero-order valence-corrected chi connectivity index (χ0v) is 12.4. The number of H-pyrrole nitrogens is 1. The fourth-order valence-corrected chi connectivity index (χ4v) is 2.91. The lowest BCUT2D eigenvalue weighted by Gasteiger charge is -2.13. The van der Waals surface area contributed by atoms with Crippen LogP contribution in [0.15, 0.2) is 16.9 Å². The molecule has 6 nitrogen and oxygen atoms in total. The fourth-order valence-electron chi connectivity index (χ4n) is 2.69. The maximum atomic E-state index is 12.7. The fraction of sp³-hybridized carbons (Fsp3) is 0.286. The maximum absolute atomic E-state index is 12.7. The molecular formula is C14H16ClN5O. The number of pyridine rings is 1. The average Bonchev–Trinajstić information content (AvgIpc) is 2.82. The minimum atomic E-state index is -0.105. The third-order valence-electron chi connectivity index (χ3n) is 3.62. The zero-order valence-electron chi connectivity index (χ0n) is 11.6. The molecule has 110 valence electrons. The van der Waals surface area contributed by atoms with Gasteiger partial charge in [-0.1, -0.05) is 11.6 Å². The first-order valence-electron chi connectivity index (χ1n) is 6.71. The Bertz CT molecular complexity index is 896. The number of fused-ring (bicyclic) bond motifs is 3. The highest BCUT2D eigenvalue weighted by Gasteiger charge is 2.17. The van der Waals surface area contributed by atoms with E-state index in [1.165, 1.54) is 0 Å². The van der Waals surface area contributed by atoms with E-state index < -0.39 is 0 Å². The minimum Gasteiger partial charge on any atom is -0.397 e. The highest BCUT2D eigenvalue weighted by Crippen LogP contribution is 2.30. The molecule has 0 aliphatic carbocycles. The zero-order chi connectivity index (χ0) is 15.1. The van der Waals surface area contributed by atoms with Gasteiger partial charge in [0.15, 0.2) is 0 Å². The standard InChI is InChI=1S/C14H16ClN5O/c1-7-11-12(19-18-7)9-5-8(15)6-10(17)13(9)20(14(11)21)4-2-3-16/h5-6H,2-4,16-17H2,1H3,(H,18,19). The lowest BCUT2D eigenvalue weighted by molar-refractivity contribution is 0.654. The van der Waals surface area contributed by atoms with Gasteiger partial charge in [-0.3, -0.25) is 9.89 Å². The van der Waals surface area contributed by atoms with Gasteiger partial charge >= 0.3 is 0 Å². The van der Waals surface area contributed by atoms with Gasteiger partial charge in [0.25, 0.3) is 5.56 Å². The molecule has 0 bridgehead atoms. The number of anilines is 1. The summed E-state index contributed by atoms with van der Waals surface area (Å²) in [5.41, 5.74) is 14.0. The summed E-state index contributed by atoms with van der Waals surface area (Å²) in [6.07, 6.45) is 0.694. The molecule has 0 unspecified atom stereocenters. The Morgan fingerprint density at radius 2 is 2.19 bits per heavy atom. The molecule has 3 aromatic rings. The lowest BCUT2D eigenvalue weighted by Crippen LogP contribution is -2.23. The molecule has 0 saturated carbocycles. The molecule has 0 aliphatic rings. The van der Waals surface area contributed by atoms with E-state index >= 15 is 0 Å². The van der Waals surface area contributed by atoms with Crippen LogP contribution in [-0.2, 0) is 6.54 Å². The van der Waals surface area contributed by atoms with E-state index in [9.17, 15) is 4.79 Å². The third-order valence-corrected chi connectivity index (χ3v) is 3.84. The van der Waals surface area contributed by atoms with Crippen LogP contribution >= 0.6 is 11.6 Å². The Morgan fingerprint density at radius 1 is 1.43 bits per heavy atom. The Morgan fingerprint density at radius 3 is 2.90 bits per heavy atom. The van der Waals surface area contributed by atoms with Gasteiger partial charge in [-0.25, -0.2) is 0 Å². The summed E-state index contributed by atoms with van der Waals surface area (Å²) in [6.45, 7) is 2.84. The van der Waals surface area contributed by atoms with Gasteiger partial charge in [0, 0.05) is 22.6 Å². The number of aromatic amines is 1. The van der Waals surface area contributed by atoms with Crippen molar-refractivity contribution in [3.8, 4) is 0 Å². The molecule has 0 saturated heterocycles. The molecule has 2 heterocycles. The summed E-state index contributed by atoms with van der Waals surface area (Å²) in [7, 11) is 0. The molecule has 2 aromatic heterocycles. The topological polar surface area (TPSA) is 103 Å². The summed E-state index contributed by atoms with van der Waals surface area (Å²) in [5, 5.41) is 8.96. The van der Waals surface area contributed by atoms with Crippen LogP contribution in [0.5, 0.6) is 0 Å². The molecule has 1 aromatic carbocycles. The van der Waals surface area contributed by atoms with Gasteiger partial charge in [-0.15, -0.1) is 0 Å². The summed E-state index contributed by atoms with van der Waals surface area (Å²) >= 11 is 6.10. The molecule has 7 heteroatoms. The second-order valence-corrected chi connectivity index (χ2v) is 5.50. The predicted octanol–water partition coefficient (Wildman–Crippen LogP) is 1.77. The average molecular weight is 306 g/mol. The van der Waals surface area contributed by atoms with Crippen LogP contribution in [0.2, 0.25) is 5.02 Å². The summed E-state index contributed by atoms with van der Waals surface area (Å²) in [5.74, 6) is 0. The van der Waals surface area contributed by atoms with Crippen molar-refractivity contribution in [1.29, 1.82) is 0 Å². The van der Waals surface area contributed by atoms with Crippen LogP contribution in [0.1, 0.15) is 12.1 Å². The first-order chi connectivity index (χ1) is 10.0. The van der Waals surface area contributed by atoms with Crippen molar-refractivity contribution in [2.45, 2.75) is 19.9 Å². The number of aryl methyl sites for hydroxylation is 2. The molecule has 0 atom stereocenters. The van der Waals surface area contributed by atoms with E-state index in [2.05, 4.69) is 10.2 Å². The second kappa shape index (κ2) is 5.05. The second-order valence-electron chi connectivity index (χ2n) is 5.06. The van der Waals surface area contributed by atoms with Crippen molar-refractivity contribution in [1.82, 2.24) is 14.8 Å². The van der Waals surface area contributed by atoms with Gasteiger partial charge in [0.05, 0.1) is 16.6 Å². The number of nitrogens with two attached hydrogens (primary N) is 2. The molecule has 21 heavy (non-hydrogen) atoms. The number of hydrogen-bond donors (Lipinski definition) is 3. The van der Waals surface area contributed by atoms with Crippen LogP contribution in [-0.4, -0.2) is 21.3 Å². The van der Waals surface area contributed by atoms with E-state index in [0.717, 1.165) is 11.1 Å². The normalized spacial score (nSPS) is 11.6. The molecular weight excluding hydrogens is 290 g/mol.